The Bertz CT molecular complexity index is 694. The number of nitro benzene ring substituents is 1. The Labute approximate surface area is 122 Å². The quantitative estimate of drug-likeness (QED) is 0.479. The molecule has 0 saturated carbocycles. The van der Waals surface area contributed by atoms with E-state index in [1.54, 1.807) is 12.1 Å². The molecule has 0 aliphatic carbocycles. The molecule has 0 bridgehead atoms. The maximum atomic E-state index is 12.1. The summed E-state index contributed by atoms with van der Waals surface area (Å²) in [6.07, 6.45) is 0. The summed E-state index contributed by atoms with van der Waals surface area (Å²) in [5, 5.41) is 10.7. The van der Waals surface area contributed by atoms with Crippen molar-refractivity contribution in [2.75, 3.05) is 6.61 Å². The van der Waals surface area contributed by atoms with Crippen molar-refractivity contribution in [2.24, 2.45) is 0 Å². The predicted octanol–water partition coefficient (Wildman–Crippen LogP) is 3.47. The molecule has 0 aliphatic heterocycles. The van der Waals surface area contributed by atoms with Crippen molar-refractivity contribution >= 4 is 11.5 Å². The third kappa shape index (κ3) is 3.66. The Kier molecular flexibility index (Phi) is 4.33. The van der Waals surface area contributed by atoms with Gasteiger partial charge in [0, 0.05) is 11.6 Å². The highest BCUT2D eigenvalue weighted by Crippen LogP contribution is 2.19. The van der Waals surface area contributed by atoms with Crippen LogP contribution in [0, 0.1) is 24.0 Å². The van der Waals surface area contributed by atoms with Crippen LogP contribution in [0.1, 0.15) is 21.5 Å². The maximum Gasteiger partial charge on any atom is 0.273 e. The summed E-state index contributed by atoms with van der Waals surface area (Å²) in [6.45, 7) is 3.68. The largest absolute Gasteiger partial charge is 0.485 e. The number of aryl methyl sites for hydroxylation is 2. The molecule has 0 amide bonds. The van der Waals surface area contributed by atoms with Crippen LogP contribution in [0.25, 0.3) is 0 Å². The first-order valence-electron chi connectivity index (χ1n) is 6.45. The average Bonchev–Trinajstić information content (AvgIpc) is 2.45. The number of hydrogen-bond acceptors (Lipinski definition) is 4. The SMILES string of the molecule is Cc1ccc(C(=O)COc2cccc([N+](=O)[O-])c2)c(C)c1. The van der Waals surface area contributed by atoms with Gasteiger partial charge in [0.2, 0.25) is 0 Å². The predicted molar refractivity (Wildman–Crippen MR) is 78.8 cm³/mol. The van der Waals surface area contributed by atoms with E-state index < -0.39 is 4.92 Å². The molecule has 0 heterocycles. The van der Waals surface area contributed by atoms with E-state index in [-0.39, 0.29) is 18.1 Å². The van der Waals surface area contributed by atoms with Gasteiger partial charge in [0.05, 0.1) is 11.0 Å². The van der Waals surface area contributed by atoms with Gasteiger partial charge in [-0.3, -0.25) is 14.9 Å². The summed E-state index contributed by atoms with van der Waals surface area (Å²) in [5.41, 5.74) is 2.52. The lowest BCUT2D eigenvalue weighted by molar-refractivity contribution is -0.384. The topological polar surface area (TPSA) is 69.4 Å². The van der Waals surface area contributed by atoms with Gasteiger partial charge in [-0.05, 0) is 25.5 Å². The van der Waals surface area contributed by atoms with Crippen LogP contribution in [0.5, 0.6) is 5.75 Å². The lowest BCUT2D eigenvalue weighted by Gasteiger charge is -2.08. The van der Waals surface area contributed by atoms with Gasteiger partial charge in [-0.15, -0.1) is 0 Å². The molecule has 0 unspecified atom stereocenters. The minimum Gasteiger partial charge on any atom is -0.485 e. The Morgan fingerprint density at radius 2 is 1.95 bits per heavy atom. The van der Waals surface area contributed by atoms with E-state index in [1.807, 2.05) is 26.0 Å². The highest BCUT2D eigenvalue weighted by molar-refractivity contribution is 5.98. The van der Waals surface area contributed by atoms with E-state index in [1.165, 1.54) is 18.2 Å². The van der Waals surface area contributed by atoms with Crippen molar-refractivity contribution in [3.63, 3.8) is 0 Å². The Balaban J connectivity index is 2.07. The van der Waals surface area contributed by atoms with Crippen molar-refractivity contribution in [3.05, 3.63) is 69.3 Å². The number of non-ortho nitro benzene ring substituents is 1. The van der Waals surface area contributed by atoms with Crippen molar-refractivity contribution in [1.82, 2.24) is 0 Å². The van der Waals surface area contributed by atoms with Crippen molar-refractivity contribution in [1.29, 1.82) is 0 Å². The summed E-state index contributed by atoms with van der Waals surface area (Å²) >= 11 is 0. The van der Waals surface area contributed by atoms with Crippen molar-refractivity contribution < 1.29 is 14.5 Å². The van der Waals surface area contributed by atoms with Gasteiger partial charge in [-0.25, -0.2) is 0 Å². The number of carbonyl (C=O) groups is 1. The van der Waals surface area contributed by atoms with Crippen LogP contribution < -0.4 is 4.74 Å². The highest BCUT2D eigenvalue weighted by Gasteiger charge is 2.11. The zero-order valence-electron chi connectivity index (χ0n) is 11.8. The molecular formula is C16H15NO4. The fraction of sp³-hybridized carbons (Fsp3) is 0.188. The molecule has 0 spiro atoms. The van der Waals surface area contributed by atoms with Crippen LogP contribution in [0.2, 0.25) is 0 Å². The second-order valence-electron chi connectivity index (χ2n) is 4.78. The van der Waals surface area contributed by atoms with E-state index in [9.17, 15) is 14.9 Å². The lowest BCUT2D eigenvalue weighted by Crippen LogP contribution is -2.13. The number of ether oxygens (including phenoxy) is 1. The van der Waals surface area contributed by atoms with Crippen molar-refractivity contribution in [3.8, 4) is 5.75 Å². The molecule has 5 heteroatoms. The fourth-order valence-electron chi connectivity index (χ4n) is 2.04. The van der Waals surface area contributed by atoms with Crippen LogP contribution in [-0.4, -0.2) is 17.3 Å². The molecule has 21 heavy (non-hydrogen) atoms. The molecule has 108 valence electrons. The number of nitro groups is 1. The molecule has 0 radical (unpaired) electrons. The molecule has 0 aliphatic rings. The molecule has 0 fully saturated rings. The summed E-state index contributed by atoms with van der Waals surface area (Å²) in [7, 11) is 0. The van der Waals surface area contributed by atoms with E-state index in [0.717, 1.165) is 11.1 Å². The maximum absolute atomic E-state index is 12.1. The van der Waals surface area contributed by atoms with Gasteiger partial charge in [0.25, 0.3) is 5.69 Å². The monoisotopic (exact) mass is 285 g/mol. The van der Waals surface area contributed by atoms with Gasteiger partial charge in [0.1, 0.15) is 5.75 Å². The lowest BCUT2D eigenvalue weighted by atomic mass is 10.0. The van der Waals surface area contributed by atoms with Crippen LogP contribution in [0.3, 0.4) is 0 Å². The Hall–Kier alpha value is -2.69. The first kappa shape index (κ1) is 14.7. The zero-order valence-corrected chi connectivity index (χ0v) is 11.8. The second kappa shape index (κ2) is 6.17. The number of Topliss-reactive ketones (excluding diaryl/α,β-unsaturated/α-hetero) is 1. The Morgan fingerprint density at radius 3 is 2.62 bits per heavy atom. The number of nitrogens with zero attached hydrogens (tertiary/aromatic N) is 1. The normalized spacial score (nSPS) is 10.2. The summed E-state index contributed by atoms with van der Waals surface area (Å²) in [5.74, 6) is 0.154. The summed E-state index contributed by atoms with van der Waals surface area (Å²) in [4.78, 5) is 22.3. The van der Waals surface area contributed by atoms with Crippen LogP contribution in [0.15, 0.2) is 42.5 Å². The molecule has 2 aromatic rings. The number of hydrogen-bond donors (Lipinski definition) is 0. The Morgan fingerprint density at radius 1 is 1.19 bits per heavy atom. The standard InChI is InChI=1S/C16H15NO4/c1-11-6-7-15(12(2)8-11)16(18)10-21-14-5-3-4-13(9-14)17(19)20/h3-9H,10H2,1-2H3. The third-order valence-corrected chi connectivity index (χ3v) is 3.08. The first-order chi connectivity index (χ1) is 9.97. The third-order valence-electron chi connectivity index (χ3n) is 3.08. The van der Waals surface area contributed by atoms with Crippen LogP contribution in [-0.2, 0) is 0 Å². The second-order valence-corrected chi connectivity index (χ2v) is 4.78. The molecule has 0 atom stereocenters. The fourth-order valence-corrected chi connectivity index (χ4v) is 2.04. The van der Waals surface area contributed by atoms with E-state index in [0.29, 0.717) is 11.3 Å². The highest BCUT2D eigenvalue weighted by atomic mass is 16.6. The molecule has 5 nitrogen and oxygen atoms in total. The zero-order chi connectivity index (χ0) is 15.4. The van der Waals surface area contributed by atoms with Crippen LogP contribution >= 0.6 is 0 Å². The van der Waals surface area contributed by atoms with Gasteiger partial charge < -0.3 is 4.74 Å². The van der Waals surface area contributed by atoms with Gasteiger partial charge in [-0.2, -0.15) is 0 Å². The minimum absolute atomic E-state index is 0.0635. The first-order valence-corrected chi connectivity index (χ1v) is 6.45. The number of rotatable bonds is 5. The van der Waals surface area contributed by atoms with Crippen LogP contribution in [0.4, 0.5) is 5.69 Å². The van der Waals surface area contributed by atoms with E-state index >= 15 is 0 Å². The number of ketones is 1. The van der Waals surface area contributed by atoms with Gasteiger partial charge in [-0.1, -0.05) is 29.8 Å². The molecule has 0 saturated heterocycles. The van der Waals surface area contributed by atoms with E-state index in [4.69, 9.17) is 4.74 Å². The smallest absolute Gasteiger partial charge is 0.273 e. The molecule has 2 aromatic carbocycles. The molecular weight excluding hydrogens is 270 g/mol. The average molecular weight is 285 g/mol. The number of carbonyl (C=O) groups excluding carboxylic acids is 1. The number of benzene rings is 2. The van der Waals surface area contributed by atoms with Gasteiger partial charge >= 0.3 is 0 Å². The van der Waals surface area contributed by atoms with Crippen molar-refractivity contribution in [2.45, 2.75) is 13.8 Å². The molecule has 2 rings (SSSR count). The summed E-state index contributed by atoms with van der Waals surface area (Å²) in [6, 6.07) is 11.4. The van der Waals surface area contributed by atoms with Gasteiger partial charge in [0.15, 0.2) is 12.4 Å². The molecule has 0 aromatic heterocycles. The summed E-state index contributed by atoms with van der Waals surface area (Å²) < 4.78 is 5.34. The molecule has 0 N–H and O–H groups in total. The van der Waals surface area contributed by atoms with E-state index in [2.05, 4.69) is 0 Å². The minimum atomic E-state index is -0.501.